The second-order valence-electron chi connectivity index (χ2n) is 11.6. The number of rotatable bonds is 10. The maximum atomic E-state index is 13.3. The van der Waals surface area contributed by atoms with Crippen LogP contribution >= 0.6 is 0 Å². The van der Waals surface area contributed by atoms with E-state index in [4.69, 9.17) is 9.47 Å². The van der Waals surface area contributed by atoms with E-state index in [1.165, 1.54) is 0 Å². The molecule has 220 valence electrons. The Kier molecular flexibility index (Phi) is 10.0. The van der Waals surface area contributed by atoms with Crippen molar-refractivity contribution in [1.82, 2.24) is 14.7 Å². The van der Waals surface area contributed by atoms with Crippen molar-refractivity contribution in [2.45, 2.75) is 52.2 Å². The smallest absolute Gasteiger partial charge is 0.410 e. The van der Waals surface area contributed by atoms with Crippen molar-refractivity contribution in [3.63, 3.8) is 0 Å². The fraction of sp³-hybridized carbons (Fsp3) is 0.469. The molecule has 0 saturated carbocycles. The second-order valence-corrected chi connectivity index (χ2v) is 11.6. The van der Waals surface area contributed by atoms with E-state index >= 15 is 0 Å². The number of hydrogen-bond donors (Lipinski definition) is 1. The number of benzene rings is 2. The van der Waals surface area contributed by atoms with Gasteiger partial charge < -0.3 is 24.4 Å². The van der Waals surface area contributed by atoms with Crippen molar-refractivity contribution in [1.29, 1.82) is 0 Å². The molecule has 0 unspecified atom stereocenters. The van der Waals surface area contributed by atoms with Gasteiger partial charge in [-0.15, -0.1) is 0 Å². The highest BCUT2D eigenvalue weighted by Crippen LogP contribution is 2.27. The molecular formula is C32H41N3O6. The molecule has 0 spiro atoms. The highest BCUT2D eigenvalue weighted by Gasteiger charge is 2.26. The Morgan fingerprint density at radius 3 is 2.39 bits per heavy atom. The van der Waals surface area contributed by atoms with E-state index in [-0.39, 0.29) is 24.0 Å². The van der Waals surface area contributed by atoms with Crippen LogP contribution in [0.2, 0.25) is 0 Å². The molecule has 4 rings (SSSR count). The van der Waals surface area contributed by atoms with Gasteiger partial charge in [0, 0.05) is 51.4 Å². The molecule has 1 fully saturated rings. The first kappa shape index (κ1) is 30.1. The lowest BCUT2D eigenvalue weighted by Crippen LogP contribution is -2.50. The van der Waals surface area contributed by atoms with Gasteiger partial charge in [-0.25, -0.2) is 4.79 Å². The van der Waals surface area contributed by atoms with E-state index < -0.39 is 11.6 Å². The first-order valence-electron chi connectivity index (χ1n) is 14.3. The average molecular weight is 564 g/mol. The third kappa shape index (κ3) is 9.08. The SMILES string of the molecule is CC(C)(C)OC(=O)N1CCN(CCCOc2ccc3c(c2)C=C(CC(=O)O)C(=O)N(CCc2ccccc2)C3)CC1. The van der Waals surface area contributed by atoms with Crippen molar-refractivity contribution >= 4 is 24.0 Å². The monoisotopic (exact) mass is 563 g/mol. The molecule has 0 bridgehead atoms. The van der Waals surface area contributed by atoms with Crippen molar-refractivity contribution < 1.29 is 29.0 Å². The summed E-state index contributed by atoms with van der Waals surface area (Å²) in [6, 6.07) is 15.7. The fourth-order valence-electron chi connectivity index (χ4n) is 5.01. The predicted octanol–water partition coefficient (Wildman–Crippen LogP) is 4.45. The van der Waals surface area contributed by atoms with Crippen LogP contribution in [-0.4, -0.2) is 89.3 Å². The number of nitrogens with zero attached hydrogens (tertiary/aromatic N) is 3. The van der Waals surface area contributed by atoms with Crippen molar-refractivity contribution in [2.24, 2.45) is 0 Å². The maximum absolute atomic E-state index is 13.3. The van der Waals surface area contributed by atoms with Gasteiger partial charge in [0.05, 0.1) is 13.0 Å². The number of fused-ring (bicyclic) bond motifs is 1. The van der Waals surface area contributed by atoms with Gasteiger partial charge in [-0.3, -0.25) is 14.5 Å². The van der Waals surface area contributed by atoms with Crippen LogP contribution in [0.5, 0.6) is 5.75 Å². The molecular weight excluding hydrogens is 522 g/mol. The lowest BCUT2D eigenvalue weighted by atomic mass is 10.0. The quantitative estimate of drug-likeness (QED) is 0.427. The van der Waals surface area contributed by atoms with Crippen molar-refractivity contribution in [3.8, 4) is 5.75 Å². The predicted molar refractivity (Wildman–Crippen MR) is 157 cm³/mol. The molecule has 0 aromatic heterocycles. The summed E-state index contributed by atoms with van der Waals surface area (Å²) in [5.74, 6) is -0.584. The molecule has 0 radical (unpaired) electrons. The molecule has 9 nitrogen and oxygen atoms in total. The van der Waals surface area contributed by atoms with Crippen molar-refractivity contribution in [2.75, 3.05) is 45.9 Å². The van der Waals surface area contributed by atoms with Gasteiger partial charge in [0.2, 0.25) is 0 Å². The summed E-state index contributed by atoms with van der Waals surface area (Å²) in [7, 11) is 0. The third-order valence-electron chi connectivity index (χ3n) is 7.14. The van der Waals surface area contributed by atoms with Gasteiger partial charge in [-0.2, -0.15) is 0 Å². The molecule has 41 heavy (non-hydrogen) atoms. The second kappa shape index (κ2) is 13.7. The summed E-state index contributed by atoms with van der Waals surface area (Å²) < 4.78 is 11.5. The van der Waals surface area contributed by atoms with Gasteiger partial charge in [-0.1, -0.05) is 36.4 Å². The molecule has 2 aliphatic heterocycles. The van der Waals surface area contributed by atoms with Gasteiger partial charge in [-0.05, 0) is 68.5 Å². The number of hydrogen-bond acceptors (Lipinski definition) is 6. The summed E-state index contributed by atoms with van der Waals surface area (Å²) in [5.41, 5.74) is 2.68. The van der Waals surface area contributed by atoms with E-state index in [0.717, 1.165) is 42.7 Å². The first-order valence-corrected chi connectivity index (χ1v) is 14.3. The minimum Gasteiger partial charge on any atom is -0.494 e. The number of carboxylic acid groups (broad SMARTS) is 1. The van der Waals surface area contributed by atoms with Crippen LogP contribution in [0.15, 0.2) is 54.1 Å². The van der Waals surface area contributed by atoms with Crippen LogP contribution in [0.25, 0.3) is 6.08 Å². The van der Waals surface area contributed by atoms with Crippen LogP contribution in [0.1, 0.15) is 50.3 Å². The van der Waals surface area contributed by atoms with Gasteiger partial charge in [0.15, 0.2) is 0 Å². The van der Waals surface area contributed by atoms with E-state index in [2.05, 4.69) is 4.90 Å². The molecule has 1 N–H and O–H groups in total. The Morgan fingerprint density at radius 1 is 0.976 bits per heavy atom. The standard InChI is InChI=1S/C32H41N3O6/c1-32(2,3)41-31(39)34-17-15-33(16-18-34)13-7-19-40-28-11-10-25-23-35(14-12-24-8-5-4-6-9-24)30(38)27(22-29(36)37)20-26(25)21-28/h4-6,8-11,20-21H,7,12-19,22-23H2,1-3H3,(H,36,37). The van der Waals surface area contributed by atoms with E-state index in [1.54, 1.807) is 15.9 Å². The lowest BCUT2D eigenvalue weighted by molar-refractivity contribution is -0.138. The van der Waals surface area contributed by atoms with Crippen LogP contribution in [0.3, 0.4) is 0 Å². The van der Waals surface area contributed by atoms with Crippen LogP contribution in [0.4, 0.5) is 4.79 Å². The number of carboxylic acids is 1. The first-order chi connectivity index (χ1) is 19.6. The summed E-state index contributed by atoms with van der Waals surface area (Å²) in [6.45, 7) is 10.8. The summed E-state index contributed by atoms with van der Waals surface area (Å²) in [4.78, 5) is 42.9. The van der Waals surface area contributed by atoms with Gasteiger partial charge in [0.25, 0.3) is 5.91 Å². The molecule has 0 atom stereocenters. The Balaban J connectivity index is 1.30. The molecule has 2 aromatic rings. The molecule has 1 saturated heterocycles. The van der Waals surface area contributed by atoms with Crippen molar-refractivity contribution in [3.05, 3.63) is 70.8 Å². The average Bonchev–Trinajstić information content (AvgIpc) is 3.05. The van der Waals surface area contributed by atoms with Gasteiger partial charge >= 0.3 is 12.1 Å². The van der Waals surface area contributed by atoms with E-state index in [9.17, 15) is 19.5 Å². The van der Waals surface area contributed by atoms with Gasteiger partial charge in [0.1, 0.15) is 11.4 Å². The van der Waals surface area contributed by atoms with Crippen LogP contribution in [-0.2, 0) is 27.3 Å². The topological polar surface area (TPSA) is 99.6 Å². The maximum Gasteiger partial charge on any atom is 0.410 e. The highest BCUT2D eigenvalue weighted by atomic mass is 16.6. The Bertz CT molecular complexity index is 1250. The molecule has 2 aliphatic rings. The lowest BCUT2D eigenvalue weighted by Gasteiger charge is -2.35. The Hall–Kier alpha value is -3.85. The minimum absolute atomic E-state index is 0.242. The summed E-state index contributed by atoms with van der Waals surface area (Å²) in [5, 5.41) is 9.44. The minimum atomic E-state index is -1.03. The zero-order chi connectivity index (χ0) is 29.4. The Labute approximate surface area is 242 Å². The number of aliphatic carboxylic acids is 1. The Morgan fingerprint density at radius 2 is 1.71 bits per heavy atom. The summed E-state index contributed by atoms with van der Waals surface area (Å²) in [6.07, 6.45) is 2.64. The molecule has 9 heteroatoms. The largest absolute Gasteiger partial charge is 0.494 e. The number of piperazine rings is 1. The van der Waals surface area contributed by atoms with E-state index in [0.29, 0.717) is 45.0 Å². The van der Waals surface area contributed by atoms with Crippen LogP contribution in [0, 0.1) is 0 Å². The van der Waals surface area contributed by atoms with Crippen LogP contribution < -0.4 is 4.74 Å². The number of ether oxygens (including phenoxy) is 2. The zero-order valence-electron chi connectivity index (χ0n) is 24.3. The molecule has 2 amide bonds. The van der Waals surface area contributed by atoms with E-state index in [1.807, 2.05) is 69.3 Å². The fourth-order valence-corrected chi connectivity index (χ4v) is 5.01. The summed E-state index contributed by atoms with van der Waals surface area (Å²) >= 11 is 0. The number of amides is 2. The number of carbonyl (C=O) groups is 3. The zero-order valence-corrected chi connectivity index (χ0v) is 24.3. The number of carbonyl (C=O) groups excluding carboxylic acids is 2. The normalized spacial score (nSPS) is 16.1. The molecule has 0 aliphatic carbocycles. The highest BCUT2D eigenvalue weighted by molar-refractivity contribution is 6.02. The molecule has 2 heterocycles. The third-order valence-corrected chi connectivity index (χ3v) is 7.14. The molecule has 2 aromatic carbocycles.